The molecule has 7 heteroatoms. The second-order valence-electron chi connectivity index (χ2n) is 5.76. The molecule has 0 bridgehead atoms. The number of rotatable bonds is 3. The van der Waals surface area contributed by atoms with Crippen LogP contribution in [0.5, 0.6) is 0 Å². The average molecular weight is 312 g/mol. The topological polar surface area (TPSA) is 34.0 Å². The zero-order chi connectivity index (χ0) is 16.7. The number of benzene rings is 1. The second kappa shape index (κ2) is 5.62. The van der Waals surface area contributed by atoms with Crippen LogP contribution in [0.1, 0.15) is 36.7 Å². The Bertz CT molecular complexity index is 672. The number of aromatic nitrogens is 3. The summed E-state index contributed by atoms with van der Waals surface area (Å²) in [4.78, 5) is 5.15. The van der Waals surface area contributed by atoms with Crippen molar-refractivity contribution in [2.24, 2.45) is 0 Å². The third-order valence-electron chi connectivity index (χ3n) is 3.28. The summed E-state index contributed by atoms with van der Waals surface area (Å²) >= 11 is 0. The lowest BCUT2D eigenvalue weighted by Gasteiger charge is -2.17. The molecule has 0 radical (unpaired) electrons. The molecule has 0 saturated heterocycles. The third-order valence-corrected chi connectivity index (χ3v) is 3.28. The lowest BCUT2D eigenvalue weighted by molar-refractivity contribution is -0.144. The maximum Gasteiger partial charge on any atom is 0.453 e. The van der Waals surface area contributed by atoms with Gasteiger partial charge >= 0.3 is 6.18 Å². The van der Waals surface area contributed by atoms with Gasteiger partial charge in [-0.3, -0.25) is 0 Å². The predicted octanol–water partition coefficient (Wildman–Crippen LogP) is 3.78. The molecule has 0 saturated carbocycles. The monoisotopic (exact) mass is 312 g/mol. The van der Waals surface area contributed by atoms with Crippen LogP contribution in [0.4, 0.5) is 19.1 Å². The largest absolute Gasteiger partial charge is 0.453 e. The van der Waals surface area contributed by atoms with Gasteiger partial charge in [0.15, 0.2) is 0 Å². The molecular formula is C15H19F3N4. The van der Waals surface area contributed by atoms with Gasteiger partial charge in [-0.05, 0) is 24.5 Å². The fourth-order valence-electron chi connectivity index (χ4n) is 2.20. The van der Waals surface area contributed by atoms with E-state index in [1.54, 1.807) is 20.2 Å². The maximum atomic E-state index is 12.9. The zero-order valence-corrected chi connectivity index (χ0v) is 13.2. The number of hydrogen-bond acceptors (Lipinski definition) is 3. The molecule has 1 aromatic heterocycles. The highest BCUT2D eigenvalue weighted by Crippen LogP contribution is 2.31. The number of alkyl halides is 3. The number of anilines is 1. The minimum atomic E-state index is -4.57. The van der Waals surface area contributed by atoms with Crippen LogP contribution in [-0.2, 0) is 6.18 Å². The van der Waals surface area contributed by atoms with Gasteiger partial charge in [0.2, 0.25) is 5.95 Å². The average Bonchev–Trinajstić information content (AvgIpc) is 2.83. The molecular weight excluding hydrogens is 293 g/mol. The number of aryl methyl sites for hydroxylation is 1. The van der Waals surface area contributed by atoms with Crippen molar-refractivity contribution in [1.29, 1.82) is 0 Å². The Morgan fingerprint density at radius 1 is 1.18 bits per heavy atom. The fourth-order valence-corrected chi connectivity index (χ4v) is 2.20. The highest BCUT2D eigenvalue weighted by Gasteiger charge is 2.37. The van der Waals surface area contributed by atoms with E-state index in [4.69, 9.17) is 0 Å². The Morgan fingerprint density at radius 2 is 1.82 bits per heavy atom. The molecule has 4 nitrogen and oxygen atoms in total. The summed E-state index contributed by atoms with van der Waals surface area (Å²) in [7, 11) is 3.29. The quantitative estimate of drug-likeness (QED) is 0.865. The van der Waals surface area contributed by atoms with E-state index in [9.17, 15) is 13.2 Å². The molecule has 0 N–H and O–H groups in total. The first-order chi connectivity index (χ1) is 10.1. The Balaban J connectivity index is 2.69. The fraction of sp³-hybridized carbons (Fsp3) is 0.467. The predicted molar refractivity (Wildman–Crippen MR) is 79.5 cm³/mol. The molecule has 1 aromatic carbocycles. The van der Waals surface area contributed by atoms with Crippen LogP contribution in [0.3, 0.4) is 0 Å². The first kappa shape index (κ1) is 16.3. The van der Waals surface area contributed by atoms with E-state index in [0.717, 1.165) is 11.1 Å². The van der Waals surface area contributed by atoms with Crippen LogP contribution in [0.25, 0.3) is 5.69 Å². The number of nitrogens with zero attached hydrogens (tertiary/aromatic N) is 4. The normalized spacial score (nSPS) is 12.0. The van der Waals surface area contributed by atoms with Crippen LogP contribution in [-0.4, -0.2) is 28.9 Å². The maximum absolute atomic E-state index is 12.9. The first-order valence-corrected chi connectivity index (χ1v) is 6.93. The Kier molecular flexibility index (Phi) is 4.17. The highest BCUT2D eigenvalue weighted by atomic mass is 19.4. The highest BCUT2D eigenvalue weighted by molar-refractivity contribution is 5.49. The minimum absolute atomic E-state index is 0.151. The van der Waals surface area contributed by atoms with Gasteiger partial charge in [-0.25, -0.2) is 0 Å². The Labute approximate surface area is 127 Å². The summed E-state index contributed by atoms with van der Waals surface area (Å²) in [5, 5.41) is 3.68. The van der Waals surface area contributed by atoms with E-state index in [2.05, 4.69) is 10.1 Å². The molecule has 0 atom stereocenters. The van der Waals surface area contributed by atoms with Gasteiger partial charge in [0.1, 0.15) is 0 Å². The summed E-state index contributed by atoms with van der Waals surface area (Å²) in [5.41, 5.74) is 2.60. The molecule has 0 unspecified atom stereocenters. The van der Waals surface area contributed by atoms with Gasteiger partial charge in [-0.2, -0.15) is 22.8 Å². The van der Waals surface area contributed by atoms with Gasteiger partial charge in [0.25, 0.3) is 5.82 Å². The van der Waals surface area contributed by atoms with Crippen molar-refractivity contribution in [3.8, 4) is 5.69 Å². The van der Waals surface area contributed by atoms with Crippen molar-refractivity contribution in [3.05, 3.63) is 35.2 Å². The number of hydrogen-bond donors (Lipinski definition) is 0. The summed E-state index contributed by atoms with van der Waals surface area (Å²) in [6.45, 7) is 5.94. The molecule has 0 aliphatic heterocycles. The molecule has 0 aliphatic carbocycles. The van der Waals surface area contributed by atoms with E-state index < -0.39 is 12.0 Å². The molecule has 0 spiro atoms. The van der Waals surface area contributed by atoms with Gasteiger partial charge in [0.05, 0.1) is 5.69 Å². The van der Waals surface area contributed by atoms with E-state index >= 15 is 0 Å². The van der Waals surface area contributed by atoms with Crippen LogP contribution < -0.4 is 4.90 Å². The third kappa shape index (κ3) is 3.08. The van der Waals surface area contributed by atoms with E-state index in [1.165, 1.54) is 9.58 Å². The summed E-state index contributed by atoms with van der Waals surface area (Å²) < 4.78 is 40.0. The Morgan fingerprint density at radius 3 is 2.32 bits per heavy atom. The van der Waals surface area contributed by atoms with Crippen LogP contribution in [0.15, 0.2) is 18.2 Å². The van der Waals surface area contributed by atoms with Crippen molar-refractivity contribution in [2.75, 3.05) is 19.0 Å². The standard InChI is InChI=1S/C15H19F3N4/c1-9(2)11-8-10(3)6-7-12(11)22-14(21(4)5)19-13(20-22)15(16,17)18/h6-9H,1-5H3. The van der Waals surface area contributed by atoms with E-state index in [0.29, 0.717) is 5.69 Å². The van der Waals surface area contributed by atoms with Gasteiger partial charge in [-0.15, -0.1) is 5.10 Å². The second-order valence-corrected chi connectivity index (χ2v) is 5.76. The first-order valence-electron chi connectivity index (χ1n) is 6.93. The van der Waals surface area contributed by atoms with Crippen LogP contribution in [0.2, 0.25) is 0 Å². The van der Waals surface area contributed by atoms with E-state index in [1.807, 2.05) is 32.9 Å². The summed E-state index contributed by atoms with van der Waals surface area (Å²) in [6, 6.07) is 5.61. The SMILES string of the molecule is Cc1ccc(-n2nc(C(F)(F)F)nc2N(C)C)c(C(C)C)c1. The summed E-state index contributed by atoms with van der Waals surface area (Å²) in [5.74, 6) is -0.826. The number of halogens is 3. The minimum Gasteiger partial charge on any atom is -0.347 e. The van der Waals surface area contributed by atoms with Gasteiger partial charge in [-0.1, -0.05) is 31.5 Å². The lowest BCUT2D eigenvalue weighted by atomic mass is 9.99. The molecule has 0 fully saturated rings. The smallest absolute Gasteiger partial charge is 0.347 e. The van der Waals surface area contributed by atoms with E-state index in [-0.39, 0.29) is 11.9 Å². The molecule has 120 valence electrons. The van der Waals surface area contributed by atoms with Crippen molar-refractivity contribution in [3.63, 3.8) is 0 Å². The summed E-state index contributed by atoms with van der Waals surface area (Å²) in [6.07, 6.45) is -4.57. The lowest BCUT2D eigenvalue weighted by Crippen LogP contribution is -2.16. The molecule has 0 amide bonds. The Hall–Kier alpha value is -2.05. The molecule has 1 heterocycles. The van der Waals surface area contributed by atoms with Crippen molar-refractivity contribution in [1.82, 2.24) is 14.8 Å². The zero-order valence-electron chi connectivity index (χ0n) is 13.2. The molecule has 2 aromatic rings. The van der Waals surface area contributed by atoms with Gasteiger partial charge < -0.3 is 4.90 Å². The van der Waals surface area contributed by atoms with Crippen molar-refractivity contribution < 1.29 is 13.2 Å². The molecule has 22 heavy (non-hydrogen) atoms. The molecule has 2 rings (SSSR count). The van der Waals surface area contributed by atoms with Crippen molar-refractivity contribution in [2.45, 2.75) is 32.9 Å². The van der Waals surface area contributed by atoms with Crippen LogP contribution >= 0.6 is 0 Å². The van der Waals surface area contributed by atoms with Gasteiger partial charge in [0, 0.05) is 14.1 Å². The van der Waals surface area contributed by atoms with Crippen molar-refractivity contribution >= 4 is 5.95 Å². The molecule has 0 aliphatic rings. The van der Waals surface area contributed by atoms with Crippen LogP contribution in [0, 0.1) is 6.92 Å².